The van der Waals surface area contributed by atoms with Crippen LogP contribution in [-0.4, -0.2) is 51.7 Å². The molecule has 6 nitrogen and oxygen atoms in total. The third-order valence-electron chi connectivity index (χ3n) is 4.97. The molecule has 2 rings (SSSR count). The standard InChI is InChI=1S/C22H30ClN3O3S/c1-4-26(5-2)21(19-8-6-7-9-20(19)23)16-24-22(27)18-12-10-17(11-13-18)14-15-25-30(3,28)29/h6-13,21,25H,4-5,14-16H2,1-3H3,(H,24,27). The Labute approximate surface area is 184 Å². The first kappa shape index (κ1) is 24.3. The van der Waals surface area contributed by atoms with Crippen LogP contribution in [0.4, 0.5) is 0 Å². The van der Waals surface area contributed by atoms with E-state index in [1.807, 2.05) is 36.4 Å². The lowest BCUT2D eigenvalue weighted by atomic mass is 10.0. The predicted octanol–water partition coefficient (Wildman–Crippen LogP) is 3.24. The van der Waals surface area contributed by atoms with Crippen molar-refractivity contribution in [3.8, 4) is 0 Å². The van der Waals surface area contributed by atoms with Gasteiger partial charge in [0.2, 0.25) is 10.0 Å². The summed E-state index contributed by atoms with van der Waals surface area (Å²) in [6.07, 6.45) is 1.69. The fraction of sp³-hybridized carbons (Fsp3) is 0.409. The molecule has 0 aliphatic rings. The van der Waals surface area contributed by atoms with Crippen molar-refractivity contribution >= 4 is 27.5 Å². The van der Waals surface area contributed by atoms with Crippen LogP contribution in [0.5, 0.6) is 0 Å². The van der Waals surface area contributed by atoms with E-state index in [2.05, 4.69) is 28.8 Å². The fourth-order valence-corrected chi connectivity index (χ4v) is 4.07. The summed E-state index contributed by atoms with van der Waals surface area (Å²) in [7, 11) is -3.20. The molecule has 0 aliphatic carbocycles. The summed E-state index contributed by atoms with van der Waals surface area (Å²) >= 11 is 6.41. The molecule has 0 heterocycles. The minimum Gasteiger partial charge on any atom is -0.350 e. The number of amides is 1. The number of sulfonamides is 1. The van der Waals surface area contributed by atoms with E-state index in [9.17, 15) is 13.2 Å². The summed E-state index contributed by atoms with van der Waals surface area (Å²) in [6, 6.07) is 14.9. The lowest BCUT2D eigenvalue weighted by Gasteiger charge is -2.31. The van der Waals surface area contributed by atoms with E-state index in [1.54, 1.807) is 12.1 Å². The molecule has 30 heavy (non-hydrogen) atoms. The van der Waals surface area contributed by atoms with Crippen LogP contribution in [0.2, 0.25) is 5.02 Å². The molecule has 8 heteroatoms. The summed E-state index contributed by atoms with van der Waals surface area (Å²) in [5.41, 5.74) is 2.52. The number of nitrogens with zero attached hydrogens (tertiary/aromatic N) is 1. The van der Waals surface area contributed by atoms with E-state index in [0.29, 0.717) is 30.1 Å². The van der Waals surface area contributed by atoms with Crippen molar-refractivity contribution in [3.05, 3.63) is 70.2 Å². The van der Waals surface area contributed by atoms with Crippen LogP contribution < -0.4 is 10.0 Å². The molecule has 0 aliphatic heterocycles. The van der Waals surface area contributed by atoms with E-state index in [-0.39, 0.29) is 11.9 Å². The van der Waals surface area contributed by atoms with Gasteiger partial charge in [-0.15, -0.1) is 0 Å². The number of hydrogen-bond acceptors (Lipinski definition) is 4. The molecular formula is C22H30ClN3O3S. The largest absolute Gasteiger partial charge is 0.350 e. The summed E-state index contributed by atoms with van der Waals surface area (Å²) in [5.74, 6) is -0.153. The lowest BCUT2D eigenvalue weighted by Crippen LogP contribution is -2.38. The second kappa shape index (κ2) is 11.5. The Morgan fingerprint density at radius 3 is 2.27 bits per heavy atom. The Morgan fingerprint density at radius 1 is 1.07 bits per heavy atom. The van der Waals surface area contributed by atoms with Gasteiger partial charge in [0.15, 0.2) is 0 Å². The molecule has 2 N–H and O–H groups in total. The number of rotatable bonds is 11. The Kier molecular flexibility index (Phi) is 9.30. The van der Waals surface area contributed by atoms with Crippen LogP contribution >= 0.6 is 11.6 Å². The molecule has 1 unspecified atom stereocenters. The van der Waals surface area contributed by atoms with Gasteiger partial charge in [0.1, 0.15) is 0 Å². The molecule has 0 radical (unpaired) electrons. The number of hydrogen-bond donors (Lipinski definition) is 2. The topological polar surface area (TPSA) is 78.5 Å². The Balaban J connectivity index is 2.02. The highest BCUT2D eigenvalue weighted by atomic mass is 35.5. The molecule has 0 saturated carbocycles. The highest BCUT2D eigenvalue weighted by Gasteiger charge is 2.21. The van der Waals surface area contributed by atoms with E-state index in [1.165, 1.54) is 0 Å². The van der Waals surface area contributed by atoms with Crippen LogP contribution in [-0.2, 0) is 16.4 Å². The van der Waals surface area contributed by atoms with Gasteiger partial charge in [-0.05, 0) is 48.8 Å². The summed E-state index contributed by atoms with van der Waals surface area (Å²) in [4.78, 5) is 14.9. The van der Waals surface area contributed by atoms with Crippen molar-refractivity contribution in [2.75, 3.05) is 32.4 Å². The second-order valence-electron chi connectivity index (χ2n) is 7.08. The van der Waals surface area contributed by atoms with E-state index >= 15 is 0 Å². The van der Waals surface area contributed by atoms with Crippen LogP contribution in [0.1, 0.15) is 41.4 Å². The van der Waals surface area contributed by atoms with Crippen LogP contribution in [0.3, 0.4) is 0 Å². The number of carbonyl (C=O) groups excluding carboxylic acids is 1. The minimum absolute atomic E-state index is 0.0148. The minimum atomic E-state index is -3.20. The van der Waals surface area contributed by atoms with E-state index in [4.69, 9.17) is 11.6 Å². The summed E-state index contributed by atoms with van der Waals surface area (Å²) in [5, 5.41) is 3.72. The van der Waals surface area contributed by atoms with Gasteiger partial charge in [-0.1, -0.05) is 55.8 Å². The number of nitrogens with one attached hydrogen (secondary N) is 2. The zero-order valence-corrected chi connectivity index (χ0v) is 19.3. The molecule has 2 aromatic carbocycles. The van der Waals surface area contributed by atoms with Gasteiger partial charge >= 0.3 is 0 Å². The molecule has 1 atom stereocenters. The Morgan fingerprint density at radius 2 is 1.70 bits per heavy atom. The van der Waals surface area contributed by atoms with E-state index < -0.39 is 10.0 Å². The maximum atomic E-state index is 12.7. The van der Waals surface area contributed by atoms with Crippen molar-refractivity contribution in [2.24, 2.45) is 0 Å². The smallest absolute Gasteiger partial charge is 0.251 e. The summed E-state index contributed by atoms with van der Waals surface area (Å²) < 4.78 is 24.7. The van der Waals surface area contributed by atoms with Gasteiger partial charge < -0.3 is 5.32 Å². The van der Waals surface area contributed by atoms with Crippen molar-refractivity contribution in [3.63, 3.8) is 0 Å². The number of halogens is 1. The predicted molar refractivity (Wildman–Crippen MR) is 122 cm³/mol. The van der Waals surface area contributed by atoms with Gasteiger partial charge in [-0.2, -0.15) is 0 Å². The average molecular weight is 452 g/mol. The molecule has 0 spiro atoms. The van der Waals surface area contributed by atoms with Crippen molar-refractivity contribution in [1.29, 1.82) is 0 Å². The van der Waals surface area contributed by atoms with Gasteiger partial charge in [-0.25, -0.2) is 13.1 Å². The van der Waals surface area contributed by atoms with Crippen molar-refractivity contribution in [1.82, 2.24) is 14.9 Å². The van der Waals surface area contributed by atoms with Gasteiger partial charge in [0.05, 0.1) is 12.3 Å². The monoisotopic (exact) mass is 451 g/mol. The van der Waals surface area contributed by atoms with Crippen LogP contribution in [0.15, 0.2) is 48.5 Å². The first-order chi connectivity index (χ1) is 14.2. The van der Waals surface area contributed by atoms with Gasteiger partial charge in [0.25, 0.3) is 5.91 Å². The number of carbonyl (C=O) groups is 1. The molecule has 164 valence electrons. The maximum Gasteiger partial charge on any atom is 0.251 e. The molecule has 0 aromatic heterocycles. The second-order valence-corrected chi connectivity index (χ2v) is 9.32. The number of likely N-dealkylation sites (N-methyl/N-ethyl adjacent to an activating group) is 1. The zero-order valence-electron chi connectivity index (χ0n) is 17.7. The van der Waals surface area contributed by atoms with Crippen LogP contribution in [0.25, 0.3) is 0 Å². The summed E-state index contributed by atoms with van der Waals surface area (Å²) in [6.45, 7) is 6.65. The zero-order chi connectivity index (χ0) is 22.1. The third kappa shape index (κ3) is 7.40. The van der Waals surface area contributed by atoms with Crippen molar-refractivity contribution < 1.29 is 13.2 Å². The average Bonchev–Trinajstić information content (AvgIpc) is 2.71. The molecule has 0 saturated heterocycles. The fourth-order valence-electron chi connectivity index (χ4n) is 3.34. The first-order valence-electron chi connectivity index (χ1n) is 10.0. The molecule has 1 amide bonds. The maximum absolute atomic E-state index is 12.7. The molecule has 2 aromatic rings. The van der Waals surface area contributed by atoms with Crippen LogP contribution in [0, 0.1) is 0 Å². The quantitative estimate of drug-likeness (QED) is 0.549. The van der Waals surface area contributed by atoms with Gasteiger partial charge in [0, 0.05) is 23.7 Å². The highest BCUT2D eigenvalue weighted by Crippen LogP contribution is 2.27. The Hall–Kier alpha value is -1.93. The molecule has 0 bridgehead atoms. The number of benzene rings is 2. The third-order valence-corrected chi connectivity index (χ3v) is 6.04. The molecule has 0 fully saturated rings. The molecular weight excluding hydrogens is 422 g/mol. The SMILES string of the molecule is CCN(CC)C(CNC(=O)c1ccc(CCNS(C)(=O)=O)cc1)c1ccccc1Cl. The lowest BCUT2D eigenvalue weighted by molar-refractivity contribution is 0.0935. The normalized spacial score (nSPS) is 12.7. The van der Waals surface area contributed by atoms with Crippen molar-refractivity contribution in [2.45, 2.75) is 26.3 Å². The first-order valence-corrected chi connectivity index (χ1v) is 12.3. The van der Waals surface area contributed by atoms with E-state index in [0.717, 1.165) is 30.5 Å². The van der Waals surface area contributed by atoms with Gasteiger partial charge in [-0.3, -0.25) is 9.69 Å². The Bertz CT molecular complexity index is 929. The highest BCUT2D eigenvalue weighted by molar-refractivity contribution is 7.88.